The van der Waals surface area contributed by atoms with Crippen molar-refractivity contribution in [2.24, 2.45) is 0 Å². The van der Waals surface area contributed by atoms with Crippen molar-refractivity contribution in [2.75, 3.05) is 11.4 Å². The highest BCUT2D eigenvalue weighted by Gasteiger charge is 2.17. The highest BCUT2D eigenvalue weighted by atomic mass is 16.2. The Morgan fingerprint density at radius 2 is 1.78 bits per heavy atom. The largest absolute Gasteiger partial charge is 0.307 e. The molecule has 2 rings (SSSR count). The summed E-state index contributed by atoms with van der Waals surface area (Å²) in [7, 11) is 0. The lowest BCUT2D eigenvalue weighted by molar-refractivity contribution is 0.0987. The number of aryl methyl sites for hydroxylation is 3. The van der Waals surface area contributed by atoms with Crippen LogP contribution in [0.2, 0.25) is 0 Å². The van der Waals surface area contributed by atoms with Crippen LogP contribution in [0.5, 0.6) is 0 Å². The summed E-state index contributed by atoms with van der Waals surface area (Å²) in [5.74, 6) is -0.0637. The van der Waals surface area contributed by atoms with Gasteiger partial charge >= 0.3 is 0 Å². The molecule has 0 heterocycles. The van der Waals surface area contributed by atoms with E-state index in [0.717, 1.165) is 17.7 Å². The third-order valence-electron chi connectivity index (χ3n) is 4.10. The molecule has 2 aromatic carbocycles. The van der Waals surface area contributed by atoms with Crippen LogP contribution in [0.15, 0.2) is 42.5 Å². The van der Waals surface area contributed by atoms with Gasteiger partial charge in [0.2, 0.25) is 0 Å². The van der Waals surface area contributed by atoms with Crippen molar-refractivity contribution < 1.29 is 4.79 Å². The Balaban J connectivity index is 2.34. The van der Waals surface area contributed by atoms with Crippen molar-refractivity contribution in [1.29, 1.82) is 5.26 Å². The summed E-state index contributed by atoms with van der Waals surface area (Å²) in [6, 6.07) is 15.8. The molecule has 0 aliphatic heterocycles. The summed E-state index contributed by atoms with van der Waals surface area (Å²) >= 11 is 0. The van der Waals surface area contributed by atoms with Crippen LogP contribution >= 0.6 is 0 Å². The maximum atomic E-state index is 12.9. The Hall–Kier alpha value is -2.60. The number of nitrogens with zero attached hydrogens (tertiary/aromatic N) is 2. The summed E-state index contributed by atoms with van der Waals surface area (Å²) in [6.45, 7) is 6.56. The average molecular weight is 306 g/mol. The van der Waals surface area contributed by atoms with Gasteiger partial charge in [-0.25, -0.2) is 0 Å². The van der Waals surface area contributed by atoms with E-state index in [-0.39, 0.29) is 5.91 Å². The molecule has 0 aromatic heterocycles. The predicted octanol–water partition coefficient (Wildman–Crippen LogP) is 4.43. The van der Waals surface area contributed by atoms with Crippen LogP contribution in [0.3, 0.4) is 0 Å². The number of amides is 1. The molecule has 0 spiro atoms. The van der Waals surface area contributed by atoms with Gasteiger partial charge in [0.1, 0.15) is 0 Å². The molecule has 0 N–H and O–H groups in total. The van der Waals surface area contributed by atoms with Crippen LogP contribution in [0.25, 0.3) is 0 Å². The molecule has 118 valence electrons. The minimum absolute atomic E-state index is 0.0637. The molecule has 0 fully saturated rings. The van der Waals surface area contributed by atoms with Crippen molar-refractivity contribution in [3.05, 3.63) is 64.7 Å². The molecule has 23 heavy (non-hydrogen) atoms. The number of anilines is 1. The summed E-state index contributed by atoms with van der Waals surface area (Å²) in [6.07, 6.45) is 1.26. The fourth-order valence-electron chi connectivity index (χ4n) is 2.44. The fourth-order valence-corrected chi connectivity index (χ4v) is 2.44. The van der Waals surface area contributed by atoms with Gasteiger partial charge in [0.15, 0.2) is 0 Å². The van der Waals surface area contributed by atoms with Crippen molar-refractivity contribution in [3.63, 3.8) is 0 Å². The number of benzene rings is 2. The van der Waals surface area contributed by atoms with Gasteiger partial charge in [-0.2, -0.15) is 5.26 Å². The minimum atomic E-state index is -0.0637. The Morgan fingerprint density at radius 3 is 2.35 bits per heavy atom. The molecule has 3 nitrogen and oxygen atoms in total. The SMILES string of the molecule is CCc1ccc(C(=O)N(CCC#N)c2ccc(C)c(C)c2)cc1. The molecular weight excluding hydrogens is 284 g/mol. The fraction of sp³-hybridized carbons (Fsp3) is 0.300. The van der Waals surface area contributed by atoms with Crippen LogP contribution < -0.4 is 4.90 Å². The van der Waals surface area contributed by atoms with Crippen LogP contribution in [0, 0.1) is 25.2 Å². The molecule has 0 saturated carbocycles. The smallest absolute Gasteiger partial charge is 0.258 e. The van der Waals surface area contributed by atoms with E-state index in [4.69, 9.17) is 5.26 Å². The van der Waals surface area contributed by atoms with Crippen molar-refractivity contribution in [3.8, 4) is 6.07 Å². The molecule has 0 radical (unpaired) electrons. The first-order chi connectivity index (χ1) is 11.1. The standard InChI is InChI=1S/C20H22N2O/c1-4-17-7-9-18(10-8-17)20(23)22(13-5-12-21)19-11-6-15(2)16(3)14-19/h6-11,14H,4-5,13H2,1-3H3. The zero-order valence-electron chi connectivity index (χ0n) is 14.0. The molecule has 3 heteroatoms. The van der Waals surface area contributed by atoms with Crippen molar-refractivity contribution in [2.45, 2.75) is 33.6 Å². The molecule has 1 amide bonds. The highest BCUT2D eigenvalue weighted by Crippen LogP contribution is 2.21. The second-order valence-electron chi connectivity index (χ2n) is 5.68. The zero-order chi connectivity index (χ0) is 16.8. The van der Waals surface area contributed by atoms with E-state index in [2.05, 4.69) is 13.0 Å². The lowest BCUT2D eigenvalue weighted by atomic mass is 10.1. The first-order valence-corrected chi connectivity index (χ1v) is 7.91. The van der Waals surface area contributed by atoms with Gasteiger partial charge < -0.3 is 4.90 Å². The van der Waals surface area contributed by atoms with E-state index in [0.29, 0.717) is 18.5 Å². The number of hydrogen-bond acceptors (Lipinski definition) is 2. The van der Waals surface area contributed by atoms with Gasteiger partial charge in [-0.1, -0.05) is 25.1 Å². The number of rotatable bonds is 5. The van der Waals surface area contributed by atoms with Gasteiger partial charge in [0, 0.05) is 17.8 Å². The first kappa shape index (κ1) is 16.8. The maximum Gasteiger partial charge on any atom is 0.258 e. The van der Waals surface area contributed by atoms with Gasteiger partial charge in [-0.15, -0.1) is 0 Å². The van der Waals surface area contributed by atoms with Crippen LogP contribution in [-0.4, -0.2) is 12.5 Å². The second-order valence-corrected chi connectivity index (χ2v) is 5.68. The average Bonchev–Trinajstić information content (AvgIpc) is 2.58. The van der Waals surface area contributed by atoms with Gasteiger partial charge in [0.05, 0.1) is 12.5 Å². The second kappa shape index (κ2) is 7.60. The molecule has 0 atom stereocenters. The van der Waals surface area contributed by atoms with E-state index in [1.54, 1.807) is 4.90 Å². The molecule has 0 saturated heterocycles. The van der Waals surface area contributed by atoms with Crippen molar-refractivity contribution in [1.82, 2.24) is 0 Å². The third-order valence-corrected chi connectivity index (χ3v) is 4.10. The number of carbonyl (C=O) groups is 1. The Morgan fingerprint density at radius 1 is 1.09 bits per heavy atom. The Labute approximate surface area is 138 Å². The highest BCUT2D eigenvalue weighted by molar-refractivity contribution is 6.06. The molecule has 0 aliphatic rings. The van der Waals surface area contributed by atoms with Crippen LogP contribution in [0.4, 0.5) is 5.69 Å². The summed E-state index contributed by atoms with van der Waals surface area (Å²) in [5, 5.41) is 8.89. The predicted molar refractivity (Wildman–Crippen MR) is 93.6 cm³/mol. The monoisotopic (exact) mass is 306 g/mol. The molecular formula is C20H22N2O. The minimum Gasteiger partial charge on any atom is -0.307 e. The lowest BCUT2D eigenvalue weighted by Gasteiger charge is -2.23. The Kier molecular flexibility index (Phi) is 5.54. The van der Waals surface area contributed by atoms with Gasteiger partial charge in [-0.05, 0) is 61.2 Å². The summed E-state index contributed by atoms with van der Waals surface area (Å²) in [5.41, 5.74) is 5.02. The summed E-state index contributed by atoms with van der Waals surface area (Å²) in [4.78, 5) is 14.6. The zero-order valence-corrected chi connectivity index (χ0v) is 14.0. The normalized spacial score (nSPS) is 10.2. The first-order valence-electron chi connectivity index (χ1n) is 7.91. The van der Waals surface area contributed by atoms with Gasteiger partial charge in [-0.3, -0.25) is 4.79 Å². The Bertz CT molecular complexity index is 726. The number of hydrogen-bond donors (Lipinski definition) is 0. The van der Waals surface area contributed by atoms with E-state index in [1.807, 2.05) is 56.3 Å². The number of carbonyl (C=O) groups excluding carboxylic acids is 1. The van der Waals surface area contributed by atoms with Gasteiger partial charge in [0.25, 0.3) is 5.91 Å². The molecule has 0 aliphatic carbocycles. The summed E-state index contributed by atoms with van der Waals surface area (Å²) < 4.78 is 0. The van der Waals surface area contributed by atoms with E-state index < -0.39 is 0 Å². The maximum absolute atomic E-state index is 12.9. The molecule has 2 aromatic rings. The molecule has 0 bridgehead atoms. The van der Waals surface area contributed by atoms with E-state index >= 15 is 0 Å². The molecule has 0 unspecified atom stereocenters. The van der Waals surface area contributed by atoms with E-state index in [9.17, 15) is 4.79 Å². The van der Waals surface area contributed by atoms with Crippen molar-refractivity contribution >= 4 is 11.6 Å². The third kappa shape index (κ3) is 3.98. The van der Waals surface area contributed by atoms with Crippen LogP contribution in [0.1, 0.15) is 40.4 Å². The topological polar surface area (TPSA) is 44.1 Å². The lowest BCUT2D eigenvalue weighted by Crippen LogP contribution is -2.31. The number of nitriles is 1. The quantitative estimate of drug-likeness (QED) is 0.820. The van der Waals surface area contributed by atoms with Crippen LogP contribution in [-0.2, 0) is 6.42 Å². The van der Waals surface area contributed by atoms with E-state index in [1.165, 1.54) is 11.1 Å².